The Bertz CT molecular complexity index is 627. The van der Waals surface area contributed by atoms with Crippen LogP contribution in [-0.2, 0) is 4.74 Å². The van der Waals surface area contributed by atoms with Crippen molar-refractivity contribution in [3.63, 3.8) is 0 Å². The van der Waals surface area contributed by atoms with E-state index in [0.29, 0.717) is 0 Å². The van der Waals surface area contributed by atoms with E-state index >= 15 is 0 Å². The van der Waals surface area contributed by atoms with Gasteiger partial charge in [-0.3, -0.25) is 14.3 Å². The van der Waals surface area contributed by atoms with Crippen LogP contribution in [-0.4, -0.2) is 49.8 Å². The zero-order valence-electron chi connectivity index (χ0n) is 9.68. The molecule has 1 aliphatic rings. The van der Waals surface area contributed by atoms with Crippen molar-refractivity contribution in [3.8, 4) is 12.3 Å². The first-order valence-electron chi connectivity index (χ1n) is 5.44. The maximum atomic E-state index is 11.6. The molecule has 0 spiro atoms. The highest BCUT2D eigenvalue weighted by molar-refractivity contribution is 5.26. The van der Waals surface area contributed by atoms with E-state index in [4.69, 9.17) is 16.3 Å². The smallest absolute Gasteiger partial charge is 0.330 e. The van der Waals surface area contributed by atoms with Gasteiger partial charge in [-0.2, -0.15) is 0 Å². The molecule has 8 nitrogen and oxygen atoms in total. The van der Waals surface area contributed by atoms with Crippen LogP contribution in [0.5, 0.6) is 0 Å². The Kier molecular flexibility index (Phi) is 3.55. The molecular weight excluding hydrogens is 256 g/mol. The monoisotopic (exact) mass is 268 g/mol. The number of nitrogens with one attached hydrogen (secondary N) is 1. The van der Waals surface area contributed by atoms with Crippen LogP contribution in [0.15, 0.2) is 15.8 Å². The molecule has 1 aromatic heterocycles. The summed E-state index contributed by atoms with van der Waals surface area (Å²) in [6, 6.07) is 0. The number of nitrogens with zero attached hydrogens (tertiary/aromatic N) is 1. The largest absolute Gasteiger partial charge is 0.394 e. The molecule has 19 heavy (non-hydrogen) atoms. The minimum atomic E-state index is -1.42. The van der Waals surface area contributed by atoms with Gasteiger partial charge >= 0.3 is 5.69 Å². The number of aliphatic hydroxyl groups excluding tert-OH is 3. The van der Waals surface area contributed by atoms with Gasteiger partial charge in [0.25, 0.3) is 5.56 Å². The molecule has 0 bridgehead atoms. The molecule has 0 aromatic carbocycles. The van der Waals surface area contributed by atoms with E-state index in [2.05, 4.69) is 5.92 Å². The number of aromatic amines is 1. The molecule has 1 saturated heterocycles. The number of ether oxygens (including phenoxy) is 1. The third-order valence-corrected chi connectivity index (χ3v) is 2.91. The normalized spacial score (nSPS) is 30.2. The molecule has 1 unspecified atom stereocenters. The molecule has 1 aromatic rings. The van der Waals surface area contributed by atoms with Crippen LogP contribution in [0.25, 0.3) is 0 Å². The summed E-state index contributed by atoms with van der Waals surface area (Å²) in [7, 11) is 0. The fraction of sp³-hybridized carbons (Fsp3) is 0.455. The second kappa shape index (κ2) is 4.99. The SMILES string of the molecule is C#Cc1cn([C@@H]2O[C@H](CO)[C@H](O)C2O)c(=O)[nH]c1=O. The summed E-state index contributed by atoms with van der Waals surface area (Å²) in [6.45, 7) is -0.519. The minimum absolute atomic E-state index is 0.114. The molecule has 4 N–H and O–H groups in total. The van der Waals surface area contributed by atoms with Crippen molar-refractivity contribution >= 4 is 0 Å². The van der Waals surface area contributed by atoms with Crippen LogP contribution in [0.2, 0.25) is 0 Å². The highest BCUT2D eigenvalue weighted by atomic mass is 16.6. The lowest BCUT2D eigenvalue weighted by Crippen LogP contribution is -2.38. The third-order valence-electron chi connectivity index (χ3n) is 2.91. The molecular formula is C11H12N2O6. The lowest BCUT2D eigenvalue weighted by atomic mass is 10.1. The Balaban J connectivity index is 2.46. The van der Waals surface area contributed by atoms with E-state index in [9.17, 15) is 19.8 Å². The highest BCUT2D eigenvalue weighted by Crippen LogP contribution is 2.27. The molecule has 0 amide bonds. The van der Waals surface area contributed by atoms with Crippen LogP contribution < -0.4 is 11.2 Å². The molecule has 1 aliphatic heterocycles. The van der Waals surface area contributed by atoms with Crippen LogP contribution in [0, 0.1) is 12.3 Å². The van der Waals surface area contributed by atoms with E-state index in [1.165, 1.54) is 0 Å². The zero-order valence-corrected chi connectivity index (χ0v) is 9.68. The van der Waals surface area contributed by atoms with Gasteiger partial charge < -0.3 is 20.1 Å². The van der Waals surface area contributed by atoms with Gasteiger partial charge in [-0.25, -0.2) is 4.79 Å². The second-order valence-corrected chi connectivity index (χ2v) is 4.08. The lowest BCUT2D eigenvalue weighted by Gasteiger charge is -2.17. The molecule has 0 saturated carbocycles. The van der Waals surface area contributed by atoms with Crippen LogP contribution >= 0.6 is 0 Å². The van der Waals surface area contributed by atoms with Crippen molar-refractivity contribution in [3.05, 3.63) is 32.6 Å². The van der Waals surface area contributed by atoms with E-state index in [1.807, 2.05) is 4.98 Å². The maximum Gasteiger partial charge on any atom is 0.330 e. The number of aromatic nitrogens is 2. The van der Waals surface area contributed by atoms with E-state index in [0.717, 1.165) is 10.8 Å². The van der Waals surface area contributed by atoms with Gasteiger partial charge in [0.15, 0.2) is 6.23 Å². The van der Waals surface area contributed by atoms with Gasteiger partial charge in [-0.1, -0.05) is 5.92 Å². The number of rotatable bonds is 2. The fourth-order valence-electron chi connectivity index (χ4n) is 1.89. The zero-order chi connectivity index (χ0) is 14.2. The molecule has 0 aliphatic carbocycles. The van der Waals surface area contributed by atoms with E-state index < -0.39 is 42.4 Å². The minimum Gasteiger partial charge on any atom is -0.394 e. The van der Waals surface area contributed by atoms with Crippen molar-refractivity contribution < 1.29 is 20.1 Å². The first-order chi connectivity index (χ1) is 8.99. The quantitative estimate of drug-likeness (QED) is 0.427. The summed E-state index contributed by atoms with van der Waals surface area (Å²) in [5.74, 6) is 2.09. The van der Waals surface area contributed by atoms with Crippen molar-refractivity contribution in [2.75, 3.05) is 6.61 Å². The Labute approximate surface area is 106 Å². The average Bonchev–Trinajstić information content (AvgIpc) is 2.67. The molecule has 8 heteroatoms. The average molecular weight is 268 g/mol. The molecule has 2 rings (SSSR count). The van der Waals surface area contributed by atoms with Gasteiger partial charge in [0, 0.05) is 6.20 Å². The van der Waals surface area contributed by atoms with E-state index in [1.54, 1.807) is 0 Å². The number of H-pyrrole nitrogens is 1. The first kappa shape index (κ1) is 13.5. The Hall–Kier alpha value is -1.92. The summed E-state index contributed by atoms with van der Waals surface area (Å²) in [5, 5.41) is 28.3. The van der Waals surface area contributed by atoms with Gasteiger partial charge in [-0.15, -0.1) is 6.42 Å². The molecule has 2 heterocycles. The highest BCUT2D eigenvalue weighted by Gasteiger charge is 2.43. The topological polar surface area (TPSA) is 125 Å². The van der Waals surface area contributed by atoms with Crippen molar-refractivity contribution in [1.29, 1.82) is 0 Å². The Morgan fingerprint density at radius 1 is 1.42 bits per heavy atom. The van der Waals surface area contributed by atoms with Crippen molar-refractivity contribution in [2.45, 2.75) is 24.5 Å². The number of terminal acetylenes is 1. The summed E-state index contributed by atoms with van der Waals surface area (Å²) in [6.07, 6.45) is 1.14. The molecule has 4 atom stereocenters. The Morgan fingerprint density at radius 2 is 2.11 bits per heavy atom. The van der Waals surface area contributed by atoms with Crippen molar-refractivity contribution in [1.82, 2.24) is 9.55 Å². The third kappa shape index (κ3) is 2.20. The van der Waals surface area contributed by atoms with Crippen molar-refractivity contribution in [2.24, 2.45) is 0 Å². The fourth-order valence-corrected chi connectivity index (χ4v) is 1.89. The summed E-state index contributed by atoms with van der Waals surface area (Å²) >= 11 is 0. The maximum absolute atomic E-state index is 11.6. The van der Waals surface area contributed by atoms with Crippen LogP contribution in [0.3, 0.4) is 0 Å². The number of hydrogen-bond donors (Lipinski definition) is 4. The number of hydrogen-bond acceptors (Lipinski definition) is 6. The Morgan fingerprint density at radius 3 is 2.63 bits per heavy atom. The van der Waals surface area contributed by atoms with Crippen LogP contribution in [0.4, 0.5) is 0 Å². The second-order valence-electron chi connectivity index (χ2n) is 4.08. The molecule has 102 valence electrons. The first-order valence-corrected chi connectivity index (χ1v) is 5.44. The standard InChI is InChI=1S/C11H12N2O6/c1-2-5-3-13(11(18)12-9(5)17)10-8(16)7(15)6(4-14)19-10/h1,3,6-8,10,14-16H,4H2,(H,12,17,18)/t6-,7+,8?,10-/m1/s1. The van der Waals surface area contributed by atoms with Gasteiger partial charge in [0.05, 0.1) is 6.61 Å². The summed E-state index contributed by atoms with van der Waals surface area (Å²) in [4.78, 5) is 24.9. The van der Waals surface area contributed by atoms with Gasteiger partial charge in [0.2, 0.25) is 0 Å². The molecule has 0 radical (unpaired) electrons. The predicted molar refractivity (Wildman–Crippen MR) is 62.3 cm³/mol. The summed E-state index contributed by atoms with van der Waals surface area (Å²) in [5.41, 5.74) is -1.67. The number of aliphatic hydroxyl groups is 3. The lowest BCUT2D eigenvalue weighted by molar-refractivity contribution is -0.0550. The van der Waals surface area contributed by atoms with Gasteiger partial charge in [-0.05, 0) is 0 Å². The summed E-state index contributed by atoms with van der Waals surface area (Å²) < 4.78 is 6.04. The van der Waals surface area contributed by atoms with Gasteiger partial charge in [0.1, 0.15) is 23.9 Å². The van der Waals surface area contributed by atoms with Crippen LogP contribution in [0.1, 0.15) is 11.8 Å². The van der Waals surface area contributed by atoms with E-state index in [-0.39, 0.29) is 5.56 Å². The molecule has 1 fully saturated rings. The predicted octanol–water partition coefficient (Wildman–Crippen LogP) is -2.87.